The first-order valence-electron chi connectivity index (χ1n) is 8.32. The number of ether oxygens (including phenoxy) is 1. The molecule has 1 saturated heterocycles. The number of nitrogens with one attached hydrogen (secondary N) is 1. The minimum absolute atomic E-state index is 0.375. The van der Waals surface area contributed by atoms with Gasteiger partial charge in [-0.15, -0.1) is 0 Å². The van der Waals surface area contributed by atoms with Gasteiger partial charge in [0.25, 0.3) is 0 Å². The van der Waals surface area contributed by atoms with Crippen molar-refractivity contribution in [3.05, 3.63) is 29.8 Å². The van der Waals surface area contributed by atoms with Gasteiger partial charge >= 0.3 is 0 Å². The van der Waals surface area contributed by atoms with Gasteiger partial charge in [-0.05, 0) is 50.4 Å². The van der Waals surface area contributed by atoms with Crippen LogP contribution in [0.4, 0.5) is 0 Å². The Morgan fingerprint density at radius 1 is 1.33 bits per heavy atom. The molecule has 0 aromatic heterocycles. The van der Waals surface area contributed by atoms with E-state index in [9.17, 15) is 0 Å². The number of hydrogen-bond donors (Lipinski definition) is 1. The van der Waals surface area contributed by atoms with Crippen LogP contribution in [0.1, 0.15) is 51.6 Å². The highest BCUT2D eigenvalue weighted by atomic mass is 16.5. The average molecular weight is 290 g/mol. The van der Waals surface area contributed by atoms with Crippen molar-refractivity contribution in [3.8, 4) is 5.75 Å². The minimum atomic E-state index is 0.375. The Hall–Kier alpha value is -1.06. The molecular formula is C18H30N2O. The van der Waals surface area contributed by atoms with E-state index in [-0.39, 0.29) is 0 Å². The van der Waals surface area contributed by atoms with Crippen LogP contribution in [0.5, 0.6) is 5.75 Å². The molecule has 3 nitrogen and oxygen atoms in total. The lowest BCUT2D eigenvalue weighted by molar-refractivity contribution is 0.177. The number of methoxy groups -OCH3 is 1. The molecule has 3 atom stereocenters. The maximum absolute atomic E-state index is 5.38. The summed E-state index contributed by atoms with van der Waals surface area (Å²) in [6, 6.07) is 10.3. The van der Waals surface area contributed by atoms with Gasteiger partial charge in [-0.1, -0.05) is 26.0 Å². The summed E-state index contributed by atoms with van der Waals surface area (Å²) in [5.41, 5.74) is 1.32. The van der Waals surface area contributed by atoms with Gasteiger partial charge in [-0.3, -0.25) is 4.90 Å². The van der Waals surface area contributed by atoms with Crippen LogP contribution in [0, 0.1) is 0 Å². The fraction of sp³-hybridized carbons (Fsp3) is 0.667. The Labute approximate surface area is 129 Å². The minimum Gasteiger partial charge on any atom is -0.497 e. The predicted octanol–water partition coefficient (Wildman–Crippen LogP) is 3.61. The normalized spacial score (nSPS) is 24.2. The van der Waals surface area contributed by atoms with Gasteiger partial charge in [0.1, 0.15) is 5.75 Å². The summed E-state index contributed by atoms with van der Waals surface area (Å²) in [5.74, 6) is 0.942. The van der Waals surface area contributed by atoms with Gasteiger partial charge in [-0.2, -0.15) is 0 Å². The smallest absolute Gasteiger partial charge is 0.119 e. The highest BCUT2D eigenvalue weighted by Crippen LogP contribution is 2.29. The Bertz CT molecular complexity index is 435. The van der Waals surface area contributed by atoms with E-state index in [4.69, 9.17) is 4.74 Å². The van der Waals surface area contributed by atoms with Crippen molar-refractivity contribution in [1.29, 1.82) is 0 Å². The highest BCUT2D eigenvalue weighted by molar-refractivity contribution is 5.30. The molecule has 0 spiro atoms. The van der Waals surface area contributed by atoms with Crippen molar-refractivity contribution >= 4 is 0 Å². The van der Waals surface area contributed by atoms with Crippen molar-refractivity contribution < 1.29 is 4.74 Å². The Kier molecular flexibility index (Phi) is 6.07. The third kappa shape index (κ3) is 3.98. The molecule has 0 bridgehead atoms. The first-order valence-corrected chi connectivity index (χ1v) is 8.32. The molecule has 1 N–H and O–H groups in total. The number of likely N-dealkylation sites (tertiary alicyclic amines) is 1. The molecule has 2 rings (SSSR count). The lowest BCUT2D eigenvalue weighted by Gasteiger charge is -2.32. The lowest BCUT2D eigenvalue weighted by atomic mass is 10.0. The summed E-state index contributed by atoms with van der Waals surface area (Å²) < 4.78 is 5.38. The van der Waals surface area contributed by atoms with Crippen LogP contribution in [0.2, 0.25) is 0 Å². The van der Waals surface area contributed by atoms with E-state index in [0.717, 1.165) is 24.9 Å². The van der Waals surface area contributed by atoms with Crippen LogP contribution in [-0.2, 0) is 0 Å². The van der Waals surface area contributed by atoms with E-state index in [0.29, 0.717) is 12.1 Å². The standard InChI is InChI=1S/C18H30N2O/c1-5-16-11-10-14(3)20(16)13-18(19-6-2)15-8-7-9-17(12-15)21-4/h7-9,12,14,16,18-19H,5-6,10-11,13H2,1-4H3. The lowest BCUT2D eigenvalue weighted by Crippen LogP contribution is -2.41. The van der Waals surface area contributed by atoms with E-state index < -0.39 is 0 Å². The van der Waals surface area contributed by atoms with Crippen molar-refractivity contribution in [2.45, 2.75) is 58.2 Å². The maximum atomic E-state index is 5.38. The zero-order chi connectivity index (χ0) is 15.2. The van der Waals surface area contributed by atoms with E-state index in [1.807, 2.05) is 6.07 Å². The third-order valence-corrected chi connectivity index (χ3v) is 4.76. The van der Waals surface area contributed by atoms with Crippen LogP contribution in [0.15, 0.2) is 24.3 Å². The van der Waals surface area contributed by atoms with Crippen LogP contribution >= 0.6 is 0 Å². The molecule has 0 amide bonds. The number of nitrogens with zero attached hydrogens (tertiary/aromatic N) is 1. The quantitative estimate of drug-likeness (QED) is 0.830. The fourth-order valence-electron chi connectivity index (χ4n) is 3.50. The van der Waals surface area contributed by atoms with Crippen LogP contribution in [0.25, 0.3) is 0 Å². The molecule has 1 heterocycles. The molecule has 0 aliphatic carbocycles. The largest absolute Gasteiger partial charge is 0.497 e. The molecule has 0 saturated carbocycles. The van der Waals surface area contributed by atoms with Gasteiger partial charge < -0.3 is 10.1 Å². The fourth-order valence-corrected chi connectivity index (χ4v) is 3.50. The second kappa shape index (κ2) is 7.81. The molecule has 0 radical (unpaired) electrons. The summed E-state index contributed by atoms with van der Waals surface area (Å²) >= 11 is 0. The van der Waals surface area contributed by atoms with Gasteiger partial charge in [-0.25, -0.2) is 0 Å². The Balaban J connectivity index is 2.14. The number of rotatable bonds is 7. The van der Waals surface area contributed by atoms with Crippen molar-refractivity contribution in [2.75, 3.05) is 20.2 Å². The van der Waals surface area contributed by atoms with E-state index in [2.05, 4.69) is 49.2 Å². The molecule has 3 unspecified atom stereocenters. The first-order chi connectivity index (χ1) is 10.2. The summed E-state index contributed by atoms with van der Waals surface area (Å²) in [7, 11) is 1.73. The predicted molar refractivity (Wildman–Crippen MR) is 88.9 cm³/mol. The van der Waals surface area contributed by atoms with E-state index >= 15 is 0 Å². The molecule has 118 valence electrons. The molecule has 1 aliphatic rings. The molecule has 1 fully saturated rings. The molecule has 1 aromatic rings. The van der Waals surface area contributed by atoms with Crippen molar-refractivity contribution in [2.24, 2.45) is 0 Å². The maximum Gasteiger partial charge on any atom is 0.119 e. The Morgan fingerprint density at radius 2 is 2.14 bits per heavy atom. The molecule has 3 heteroatoms. The molecule has 1 aliphatic heterocycles. The SMILES string of the molecule is CCNC(CN1C(C)CCC1CC)c1cccc(OC)c1. The summed E-state index contributed by atoms with van der Waals surface area (Å²) in [6.45, 7) is 8.92. The second-order valence-corrected chi connectivity index (χ2v) is 6.07. The summed E-state index contributed by atoms with van der Waals surface area (Å²) in [5, 5.41) is 3.65. The topological polar surface area (TPSA) is 24.5 Å². The first kappa shape index (κ1) is 16.3. The zero-order valence-corrected chi connectivity index (χ0v) is 13.9. The van der Waals surface area contributed by atoms with Gasteiger partial charge in [0.15, 0.2) is 0 Å². The monoisotopic (exact) mass is 290 g/mol. The highest BCUT2D eigenvalue weighted by Gasteiger charge is 2.31. The third-order valence-electron chi connectivity index (χ3n) is 4.76. The molecule has 1 aromatic carbocycles. The van der Waals surface area contributed by atoms with Gasteiger partial charge in [0.05, 0.1) is 7.11 Å². The molecule has 21 heavy (non-hydrogen) atoms. The van der Waals surface area contributed by atoms with Gasteiger partial charge in [0.2, 0.25) is 0 Å². The Morgan fingerprint density at radius 3 is 2.81 bits per heavy atom. The van der Waals surface area contributed by atoms with Crippen LogP contribution in [-0.4, -0.2) is 37.2 Å². The summed E-state index contributed by atoms with van der Waals surface area (Å²) in [6.07, 6.45) is 3.92. The van der Waals surface area contributed by atoms with Crippen LogP contribution < -0.4 is 10.1 Å². The van der Waals surface area contributed by atoms with E-state index in [1.165, 1.54) is 24.8 Å². The van der Waals surface area contributed by atoms with E-state index in [1.54, 1.807) is 7.11 Å². The van der Waals surface area contributed by atoms with Crippen molar-refractivity contribution in [3.63, 3.8) is 0 Å². The van der Waals surface area contributed by atoms with Crippen molar-refractivity contribution in [1.82, 2.24) is 10.2 Å². The summed E-state index contributed by atoms with van der Waals surface area (Å²) in [4.78, 5) is 2.69. The number of hydrogen-bond acceptors (Lipinski definition) is 3. The second-order valence-electron chi connectivity index (χ2n) is 6.07. The van der Waals surface area contributed by atoms with Crippen LogP contribution in [0.3, 0.4) is 0 Å². The average Bonchev–Trinajstić information content (AvgIpc) is 2.87. The van der Waals surface area contributed by atoms with Gasteiger partial charge in [0, 0.05) is 24.7 Å². The zero-order valence-electron chi connectivity index (χ0n) is 13.9. The number of benzene rings is 1. The number of likely N-dealkylation sites (N-methyl/N-ethyl adjacent to an activating group) is 1. The molecular weight excluding hydrogens is 260 g/mol.